The lowest BCUT2D eigenvalue weighted by Crippen LogP contribution is -2.13. The standard InChI is InChI=1S/C21H22N2O2/c1-13-7-9-17-15(11-13)16-12-14(8-10-18(16)22-17)21(24)23-19-5-3-4-6-20(19)25-2/h3-6,8,10,12-13,22H,7,9,11H2,1-2H3,(H,23,24). The van der Waals surface area contributed by atoms with Gasteiger partial charge < -0.3 is 15.0 Å². The Morgan fingerprint density at radius 3 is 2.92 bits per heavy atom. The highest BCUT2D eigenvalue weighted by atomic mass is 16.5. The molecule has 4 nitrogen and oxygen atoms in total. The molecule has 2 aromatic carbocycles. The van der Waals surface area contributed by atoms with Crippen LogP contribution in [-0.4, -0.2) is 18.0 Å². The summed E-state index contributed by atoms with van der Waals surface area (Å²) in [6.45, 7) is 2.29. The number of methoxy groups -OCH3 is 1. The van der Waals surface area contributed by atoms with Crippen LogP contribution >= 0.6 is 0 Å². The van der Waals surface area contributed by atoms with Crippen LogP contribution in [0.15, 0.2) is 42.5 Å². The van der Waals surface area contributed by atoms with E-state index in [2.05, 4.69) is 17.2 Å². The van der Waals surface area contributed by atoms with E-state index >= 15 is 0 Å². The Morgan fingerprint density at radius 2 is 2.08 bits per heavy atom. The molecule has 128 valence electrons. The number of para-hydroxylation sites is 2. The summed E-state index contributed by atoms with van der Waals surface area (Å²) in [5.41, 5.74) is 5.17. The molecular weight excluding hydrogens is 312 g/mol. The van der Waals surface area contributed by atoms with Crippen molar-refractivity contribution in [2.24, 2.45) is 5.92 Å². The predicted octanol–water partition coefficient (Wildman–Crippen LogP) is 4.55. The smallest absolute Gasteiger partial charge is 0.255 e. The van der Waals surface area contributed by atoms with Crippen LogP contribution in [-0.2, 0) is 12.8 Å². The van der Waals surface area contributed by atoms with Crippen molar-refractivity contribution in [1.29, 1.82) is 0 Å². The molecular formula is C21H22N2O2. The van der Waals surface area contributed by atoms with Gasteiger partial charge in [-0.05, 0) is 61.1 Å². The first-order chi connectivity index (χ1) is 12.2. The minimum absolute atomic E-state index is 0.120. The molecule has 0 saturated carbocycles. The van der Waals surface area contributed by atoms with E-state index in [0.717, 1.165) is 18.4 Å². The quantitative estimate of drug-likeness (QED) is 0.738. The molecule has 0 aliphatic heterocycles. The maximum atomic E-state index is 12.7. The number of ether oxygens (including phenoxy) is 1. The Kier molecular flexibility index (Phi) is 3.96. The number of nitrogens with one attached hydrogen (secondary N) is 2. The number of benzene rings is 2. The summed E-state index contributed by atoms with van der Waals surface area (Å²) in [7, 11) is 1.60. The topological polar surface area (TPSA) is 54.1 Å². The van der Waals surface area contributed by atoms with Crippen molar-refractivity contribution in [2.45, 2.75) is 26.2 Å². The number of carbonyl (C=O) groups is 1. The zero-order valence-corrected chi connectivity index (χ0v) is 14.6. The molecule has 1 aromatic heterocycles. The highest BCUT2D eigenvalue weighted by Gasteiger charge is 2.20. The van der Waals surface area contributed by atoms with E-state index in [1.165, 1.54) is 23.1 Å². The molecule has 25 heavy (non-hydrogen) atoms. The molecule has 0 saturated heterocycles. The Bertz CT molecular complexity index is 942. The van der Waals surface area contributed by atoms with Gasteiger partial charge in [-0.15, -0.1) is 0 Å². The van der Waals surface area contributed by atoms with Gasteiger partial charge in [-0.3, -0.25) is 4.79 Å². The number of hydrogen-bond acceptors (Lipinski definition) is 2. The van der Waals surface area contributed by atoms with E-state index in [0.29, 0.717) is 22.9 Å². The van der Waals surface area contributed by atoms with Crippen LogP contribution in [0.25, 0.3) is 10.9 Å². The van der Waals surface area contributed by atoms with E-state index in [1.807, 2.05) is 42.5 Å². The molecule has 1 atom stereocenters. The zero-order valence-electron chi connectivity index (χ0n) is 14.6. The summed E-state index contributed by atoms with van der Waals surface area (Å²) in [5, 5.41) is 4.12. The molecule has 1 heterocycles. The van der Waals surface area contributed by atoms with Crippen LogP contribution in [0.2, 0.25) is 0 Å². The van der Waals surface area contributed by atoms with Gasteiger partial charge in [0.1, 0.15) is 5.75 Å². The second-order valence-corrected chi connectivity index (χ2v) is 6.84. The van der Waals surface area contributed by atoms with Gasteiger partial charge in [-0.1, -0.05) is 19.1 Å². The summed E-state index contributed by atoms with van der Waals surface area (Å²) in [5.74, 6) is 1.23. The SMILES string of the molecule is COc1ccccc1NC(=O)c1ccc2[nH]c3c(c2c1)CC(C)CC3. The fourth-order valence-corrected chi connectivity index (χ4v) is 3.67. The number of aryl methyl sites for hydroxylation is 1. The lowest BCUT2D eigenvalue weighted by Gasteiger charge is -2.18. The first-order valence-electron chi connectivity index (χ1n) is 8.73. The fourth-order valence-electron chi connectivity index (χ4n) is 3.67. The van der Waals surface area contributed by atoms with Crippen LogP contribution in [0.4, 0.5) is 5.69 Å². The first-order valence-corrected chi connectivity index (χ1v) is 8.73. The molecule has 0 fully saturated rings. The first kappa shape index (κ1) is 15.8. The highest BCUT2D eigenvalue weighted by Crippen LogP contribution is 2.32. The number of aromatic nitrogens is 1. The van der Waals surface area contributed by atoms with Gasteiger partial charge in [0.2, 0.25) is 0 Å². The molecule has 0 bridgehead atoms. The molecule has 1 unspecified atom stereocenters. The average molecular weight is 334 g/mol. The lowest BCUT2D eigenvalue weighted by molar-refractivity contribution is 0.102. The molecule has 3 aromatic rings. The van der Waals surface area contributed by atoms with Crippen molar-refractivity contribution < 1.29 is 9.53 Å². The largest absolute Gasteiger partial charge is 0.495 e. The van der Waals surface area contributed by atoms with Crippen LogP contribution in [0.5, 0.6) is 5.75 Å². The molecule has 4 heteroatoms. The normalized spacial score (nSPS) is 16.5. The van der Waals surface area contributed by atoms with E-state index in [-0.39, 0.29) is 5.91 Å². The monoisotopic (exact) mass is 334 g/mol. The molecule has 0 radical (unpaired) electrons. The maximum absolute atomic E-state index is 12.7. The molecule has 1 amide bonds. The van der Waals surface area contributed by atoms with Crippen LogP contribution in [0, 0.1) is 5.92 Å². The van der Waals surface area contributed by atoms with Gasteiger partial charge in [-0.2, -0.15) is 0 Å². The maximum Gasteiger partial charge on any atom is 0.255 e. The van der Waals surface area contributed by atoms with E-state index in [9.17, 15) is 4.79 Å². The number of hydrogen-bond donors (Lipinski definition) is 2. The molecule has 1 aliphatic rings. The Hall–Kier alpha value is -2.75. The third kappa shape index (κ3) is 2.88. The number of H-pyrrole nitrogens is 1. The van der Waals surface area contributed by atoms with E-state index < -0.39 is 0 Å². The number of fused-ring (bicyclic) bond motifs is 3. The number of amides is 1. The molecule has 0 spiro atoms. The Labute approximate surface area is 147 Å². The predicted molar refractivity (Wildman–Crippen MR) is 100 cm³/mol. The van der Waals surface area contributed by atoms with Crippen LogP contribution < -0.4 is 10.1 Å². The minimum Gasteiger partial charge on any atom is -0.495 e. The van der Waals surface area contributed by atoms with Crippen molar-refractivity contribution in [2.75, 3.05) is 12.4 Å². The van der Waals surface area contributed by atoms with Gasteiger partial charge in [0, 0.05) is 22.2 Å². The van der Waals surface area contributed by atoms with Crippen molar-refractivity contribution in [3.8, 4) is 5.75 Å². The second-order valence-electron chi connectivity index (χ2n) is 6.84. The molecule has 4 rings (SSSR count). The van der Waals surface area contributed by atoms with E-state index in [1.54, 1.807) is 7.11 Å². The molecule has 1 aliphatic carbocycles. The number of rotatable bonds is 3. The van der Waals surface area contributed by atoms with Gasteiger partial charge in [-0.25, -0.2) is 0 Å². The third-order valence-corrected chi connectivity index (χ3v) is 5.05. The van der Waals surface area contributed by atoms with Gasteiger partial charge in [0.25, 0.3) is 5.91 Å². The summed E-state index contributed by atoms with van der Waals surface area (Å²) in [4.78, 5) is 16.2. The van der Waals surface area contributed by atoms with Crippen molar-refractivity contribution in [1.82, 2.24) is 4.98 Å². The third-order valence-electron chi connectivity index (χ3n) is 5.05. The number of anilines is 1. The Balaban J connectivity index is 1.67. The molecule has 2 N–H and O–H groups in total. The van der Waals surface area contributed by atoms with Crippen molar-refractivity contribution in [3.63, 3.8) is 0 Å². The second kappa shape index (κ2) is 6.28. The van der Waals surface area contributed by atoms with Crippen molar-refractivity contribution >= 4 is 22.5 Å². The van der Waals surface area contributed by atoms with Gasteiger partial charge in [0.15, 0.2) is 0 Å². The minimum atomic E-state index is -0.120. The summed E-state index contributed by atoms with van der Waals surface area (Å²) in [6, 6.07) is 13.3. The summed E-state index contributed by atoms with van der Waals surface area (Å²) in [6.07, 6.45) is 3.39. The number of carbonyl (C=O) groups excluding carboxylic acids is 1. The Morgan fingerprint density at radius 1 is 1.24 bits per heavy atom. The zero-order chi connectivity index (χ0) is 17.4. The van der Waals surface area contributed by atoms with Gasteiger partial charge in [0.05, 0.1) is 12.8 Å². The fraction of sp³-hybridized carbons (Fsp3) is 0.286. The number of aromatic amines is 1. The van der Waals surface area contributed by atoms with Gasteiger partial charge >= 0.3 is 0 Å². The van der Waals surface area contributed by atoms with E-state index in [4.69, 9.17) is 4.74 Å². The van der Waals surface area contributed by atoms with Crippen LogP contribution in [0.1, 0.15) is 35.0 Å². The lowest BCUT2D eigenvalue weighted by atomic mass is 9.87. The summed E-state index contributed by atoms with van der Waals surface area (Å²) < 4.78 is 5.31. The summed E-state index contributed by atoms with van der Waals surface area (Å²) >= 11 is 0. The average Bonchev–Trinajstić information content (AvgIpc) is 2.99. The van der Waals surface area contributed by atoms with Crippen LogP contribution in [0.3, 0.4) is 0 Å². The van der Waals surface area contributed by atoms with Crippen molar-refractivity contribution in [3.05, 3.63) is 59.3 Å². The highest BCUT2D eigenvalue weighted by molar-refractivity contribution is 6.07.